The molecule has 26 heavy (non-hydrogen) atoms. The molecule has 1 aliphatic carbocycles. The van der Waals surface area contributed by atoms with Crippen molar-refractivity contribution in [1.82, 2.24) is 0 Å². The van der Waals surface area contributed by atoms with Gasteiger partial charge in [0.1, 0.15) is 11.5 Å². The lowest BCUT2D eigenvalue weighted by Crippen LogP contribution is -2.20. The molecule has 2 N–H and O–H groups in total. The highest BCUT2D eigenvalue weighted by Gasteiger charge is 2.26. The van der Waals surface area contributed by atoms with Gasteiger partial charge in [0.05, 0.1) is 0 Å². The summed E-state index contributed by atoms with van der Waals surface area (Å²) in [5.41, 5.74) is 9.91. The highest BCUT2D eigenvalue weighted by atomic mass is 16.5. The number of aryl methyl sites for hydroxylation is 1. The minimum absolute atomic E-state index is 0.215. The topological polar surface area (TPSA) is 52.3 Å². The maximum atomic E-state index is 12.1. The lowest BCUT2D eigenvalue weighted by molar-refractivity contribution is 0.0998. The summed E-state index contributed by atoms with van der Waals surface area (Å²) in [5, 5.41) is 0. The first kappa shape index (κ1) is 16.4. The lowest BCUT2D eigenvalue weighted by Gasteiger charge is -2.27. The molecule has 0 spiro atoms. The van der Waals surface area contributed by atoms with Gasteiger partial charge in [-0.3, -0.25) is 4.79 Å². The van der Waals surface area contributed by atoms with Gasteiger partial charge in [0.15, 0.2) is 0 Å². The van der Waals surface area contributed by atoms with E-state index in [2.05, 4.69) is 24.3 Å². The Bertz CT molecular complexity index is 934. The number of primary amides is 1. The molecule has 0 fully saturated rings. The summed E-state index contributed by atoms with van der Waals surface area (Å²) >= 11 is 0. The van der Waals surface area contributed by atoms with Crippen molar-refractivity contribution < 1.29 is 9.53 Å². The van der Waals surface area contributed by atoms with Crippen LogP contribution in [-0.2, 0) is 12.8 Å². The predicted octanol–water partition coefficient (Wildman–Crippen LogP) is 4.85. The summed E-state index contributed by atoms with van der Waals surface area (Å²) in [7, 11) is 0. The number of para-hydroxylation sites is 1. The van der Waals surface area contributed by atoms with Crippen LogP contribution >= 0.6 is 0 Å². The first-order chi connectivity index (χ1) is 12.7. The largest absolute Gasteiger partial charge is 0.457 e. The zero-order valence-corrected chi connectivity index (χ0v) is 14.5. The molecule has 130 valence electrons. The van der Waals surface area contributed by atoms with Crippen molar-refractivity contribution in [1.29, 1.82) is 0 Å². The molecule has 0 bridgehead atoms. The van der Waals surface area contributed by atoms with Gasteiger partial charge in [0.25, 0.3) is 0 Å². The standard InChI is InChI=1S/C23H21NO2/c24-23(25)20-11-6-12-21(26-19-9-2-1-3-10-19)22(20)18-14-13-16-7-4-5-8-17(16)15-18/h1-12,18H,13-15H2,(H2,24,25). The van der Waals surface area contributed by atoms with E-state index in [1.54, 1.807) is 6.07 Å². The first-order valence-electron chi connectivity index (χ1n) is 8.95. The molecule has 0 aliphatic heterocycles. The monoisotopic (exact) mass is 343 g/mol. The average molecular weight is 343 g/mol. The van der Waals surface area contributed by atoms with E-state index in [-0.39, 0.29) is 5.92 Å². The molecule has 1 aliphatic rings. The Labute approximate surface area is 153 Å². The number of hydrogen-bond acceptors (Lipinski definition) is 2. The molecule has 0 saturated heterocycles. The van der Waals surface area contributed by atoms with Crippen molar-refractivity contribution in [3.63, 3.8) is 0 Å². The Kier molecular flexibility index (Phi) is 4.44. The van der Waals surface area contributed by atoms with E-state index >= 15 is 0 Å². The fourth-order valence-corrected chi connectivity index (χ4v) is 3.83. The molecule has 1 amide bonds. The third kappa shape index (κ3) is 3.21. The molecule has 4 rings (SSSR count). The third-order valence-electron chi connectivity index (χ3n) is 5.06. The van der Waals surface area contributed by atoms with Gasteiger partial charge >= 0.3 is 0 Å². The van der Waals surface area contributed by atoms with Gasteiger partial charge in [0, 0.05) is 11.1 Å². The van der Waals surface area contributed by atoms with Crippen molar-refractivity contribution in [2.24, 2.45) is 5.73 Å². The minimum Gasteiger partial charge on any atom is -0.457 e. The molecule has 3 aromatic carbocycles. The number of nitrogens with two attached hydrogens (primary N) is 1. The molecule has 0 aromatic heterocycles. The lowest BCUT2D eigenvalue weighted by atomic mass is 9.78. The molecule has 0 heterocycles. The molecule has 1 unspecified atom stereocenters. The molecule has 3 aromatic rings. The van der Waals surface area contributed by atoms with Crippen LogP contribution in [0.3, 0.4) is 0 Å². The van der Waals surface area contributed by atoms with Crippen LogP contribution in [0.25, 0.3) is 0 Å². The smallest absolute Gasteiger partial charge is 0.249 e. The summed E-state index contributed by atoms with van der Waals surface area (Å²) in [6, 6.07) is 23.7. The number of amides is 1. The number of ether oxygens (including phenoxy) is 1. The van der Waals surface area contributed by atoms with Crippen LogP contribution < -0.4 is 10.5 Å². The summed E-state index contributed by atoms with van der Waals surface area (Å²) in [4.78, 5) is 12.1. The Morgan fingerprint density at radius 1 is 0.885 bits per heavy atom. The fraction of sp³-hybridized carbons (Fsp3) is 0.174. The molecule has 3 heteroatoms. The van der Waals surface area contributed by atoms with E-state index in [1.165, 1.54) is 11.1 Å². The Balaban J connectivity index is 1.75. The molecular formula is C23H21NO2. The molecule has 0 saturated carbocycles. The number of fused-ring (bicyclic) bond motifs is 1. The van der Waals surface area contributed by atoms with Gasteiger partial charge in [0.2, 0.25) is 5.91 Å². The molecular weight excluding hydrogens is 322 g/mol. The SMILES string of the molecule is NC(=O)c1cccc(Oc2ccccc2)c1C1CCc2ccccc2C1. The van der Waals surface area contributed by atoms with Crippen LogP contribution in [0.1, 0.15) is 39.4 Å². The predicted molar refractivity (Wildman–Crippen MR) is 103 cm³/mol. The Morgan fingerprint density at radius 3 is 2.38 bits per heavy atom. The van der Waals surface area contributed by atoms with E-state index in [9.17, 15) is 4.79 Å². The van der Waals surface area contributed by atoms with Crippen LogP contribution in [0, 0.1) is 0 Å². The van der Waals surface area contributed by atoms with Crippen LogP contribution in [0.15, 0.2) is 72.8 Å². The van der Waals surface area contributed by atoms with Crippen LogP contribution in [0.4, 0.5) is 0 Å². The maximum Gasteiger partial charge on any atom is 0.249 e. The van der Waals surface area contributed by atoms with Crippen LogP contribution in [0.5, 0.6) is 11.5 Å². The van der Waals surface area contributed by atoms with E-state index in [1.807, 2.05) is 42.5 Å². The van der Waals surface area contributed by atoms with Crippen LogP contribution in [0.2, 0.25) is 0 Å². The van der Waals surface area contributed by atoms with Gasteiger partial charge in [-0.25, -0.2) is 0 Å². The zero-order valence-electron chi connectivity index (χ0n) is 14.5. The maximum absolute atomic E-state index is 12.1. The zero-order chi connectivity index (χ0) is 17.9. The summed E-state index contributed by atoms with van der Waals surface area (Å²) in [6.07, 6.45) is 2.87. The second-order valence-electron chi connectivity index (χ2n) is 6.71. The number of benzene rings is 3. The van der Waals surface area contributed by atoms with Crippen molar-refractivity contribution in [3.05, 3.63) is 95.1 Å². The van der Waals surface area contributed by atoms with Gasteiger partial charge in [-0.15, -0.1) is 0 Å². The average Bonchev–Trinajstić information content (AvgIpc) is 2.68. The van der Waals surface area contributed by atoms with Gasteiger partial charge in [-0.05, 0) is 60.6 Å². The van der Waals surface area contributed by atoms with E-state index in [0.29, 0.717) is 5.56 Å². The Morgan fingerprint density at radius 2 is 1.62 bits per heavy atom. The Hall–Kier alpha value is -3.07. The van der Waals surface area contributed by atoms with E-state index in [4.69, 9.17) is 10.5 Å². The second kappa shape index (κ2) is 7.04. The molecule has 3 nitrogen and oxygen atoms in total. The third-order valence-corrected chi connectivity index (χ3v) is 5.06. The van der Waals surface area contributed by atoms with E-state index in [0.717, 1.165) is 36.3 Å². The number of hydrogen-bond donors (Lipinski definition) is 1. The minimum atomic E-state index is -0.405. The van der Waals surface area contributed by atoms with Crippen molar-refractivity contribution >= 4 is 5.91 Å². The summed E-state index contributed by atoms with van der Waals surface area (Å²) < 4.78 is 6.13. The van der Waals surface area contributed by atoms with E-state index < -0.39 is 5.91 Å². The highest BCUT2D eigenvalue weighted by molar-refractivity contribution is 5.95. The fourth-order valence-electron chi connectivity index (χ4n) is 3.83. The quantitative estimate of drug-likeness (QED) is 0.736. The summed E-state index contributed by atoms with van der Waals surface area (Å²) in [6.45, 7) is 0. The number of carbonyl (C=O) groups excluding carboxylic acids is 1. The van der Waals surface area contributed by atoms with Crippen molar-refractivity contribution in [3.8, 4) is 11.5 Å². The molecule has 0 radical (unpaired) electrons. The van der Waals surface area contributed by atoms with Gasteiger partial charge in [-0.1, -0.05) is 48.5 Å². The number of carbonyl (C=O) groups is 1. The van der Waals surface area contributed by atoms with Crippen molar-refractivity contribution in [2.75, 3.05) is 0 Å². The summed E-state index contributed by atoms with van der Waals surface area (Å²) in [5.74, 6) is 1.29. The normalized spacial score (nSPS) is 15.9. The second-order valence-corrected chi connectivity index (χ2v) is 6.71. The highest BCUT2D eigenvalue weighted by Crippen LogP contribution is 2.40. The molecule has 1 atom stereocenters. The van der Waals surface area contributed by atoms with Crippen LogP contribution in [-0.4, -0.2) is 5.91 Å². The van der Waals surface area contributed by atoms with Crippen molar-refractivity contribution in [2.45, 2.75) is 25.2 Å². The van der Waals surface area contributed by atoms with Gasteiger partial charge < -0.3 is 10.5 Å². The van der Waals surface area contributed by atoms with Gasteiger partial charge in [-0.2, -0.15) is 0 Å². The number of rotatable bonds is 4. The first-order valence-corrected chi connectivity index (χ1v) is 8.95.